The van der Waals surface area contributed by atoms with E-state index in [1.807, 2.05) is 0 Å². The summed E-state index contributed by atoms with van der Waals surface area (Å²) in [6.45, 7) is -0.750. The van der Waals surface area contributed by atoms with Gasteiger partial charge in [-0.15, -0.1) is 0 Å². The summed E-state index contributed by atoms with van der Waals surface area (Å²) in [6.07, 6.45) is 7.26. The van der Waals surface area contributed by atoms with Gasteiger partial charge in [0.25, 0.3) is 5.91 Å². The van der Waals surface area contributed by atoms with Crippen molar-refractivity contribution in [2.75, 3.05) is 12.5 Å². The third kappa shape index (κ3) is 4.34. The predicted octanol–water partition coefficient (Wildman–Crippen LogP) is -0.0171. The number of nitrogens with one attached hydrogen (secondary N) is 2. The molecule has 7 heteroatoms. The first-order valence-electron chi connectivity index (χ1n) is 6.00. The van der Waals surface area contributed by atoms with Gasteiger partial charge in [0.05, 0.1) is 11.9 Å². The third-order valence-electron chi connectivity index (χ3n) is 2.84. The zero-order chi connectivity index (χ0) is 13.4. The Morgan fingerprint density at radius 1 is 1.44 bits per heavy atom. The van der Waals surface area contributed by atoms with E-state index < -0.39 is 6.79 Å². The van der Waals surface area contributed by atoms with Crippen molar-refractivity contribution in [3.8, 4) is 0 Å². The number of aromatic amines is 1. The molecule has 1 amide bonds. The molecular weight excluding hydrogens is 236 g/mol. The van der Waals surface area contributed by atoms with E-state index in [0.29, 0.717) is 17.4 Å². The van der Waals surface area contributed by atoms with Crippen molar-refractivity contribution >= 4 is 11.6 Å². The molecule has 1 heterocycles. The van der Waals surface area contributed by atoms with Gasteiger partial charge in [0.1, 0.15) is 12.5 Å². The van der Waals surface area contributed by atoms with Gasteiger partial charge in [-0.05, 0) is 12.8 Å². The van der Waals surface area contributed by atoms with Gasteiger partial charge in [0.2, 0.25) is 0 Å². The summed E-state index contributed by atoms with van der Waals surface area (Å²) >= 11 is 0. The van der Waals surface area contributed by atoms with Crippen molar-refractivity contribution < 1.29 is 15.0 Å². The highest BCUT2D eigenvalue weighted by Crippen LogP contribution is 2.18. The van der Waals surface area contributed by atoms with Crippen LogP contribution in [0.2, 0.25) is 0 Å². The van der Waals surface area contributed by atoms with E-state index in [0.717, 1.165) is 12.8 Å². The Labute approximate surface area is 105 Å². The van der Waals surface area contributed by atoms with E-state index in [1.54, 1.807) is 0 Å². The van der Waals surface area contributed by atoms with Crippen LogP contribution in [-0.2, 0) is 0 Å². The minimum atomic E-state index is -0.750. The molecule has 0 aliphatic heterocycles. The molecule has 1 aliphatic rings. The Hall–Kier alpha value is -1.60. The van der Waals surface area contributed by atoms with Gasteiger partial charge in [-0.1, -0.05) is 19.3 Å². The molecule has 6 N–H and O–H groups in total. The lowest BCUT2D eigenvalue weighted by molar-refractivity contribution is 0.0773. The van der Waals surface area contributed by atoms with Gasteiger partial charge in [0, 0.05) is 6.04 Å². The quantitative estimate of drug-likeness (QED) is 0.476. The number of nitrogens with zero attached hydrogens (tertiary/aromatic N) is 1. The normalized spacial score (nSPS) is 15.7. The lowest BCUT2D eigenvalue weighted by Crippen LogP contribution is -2.36. The monoisotopic (exact) mass is 256 g/mol. The van der Waals surface area contributed by atoms with E-state index in [1.165, 1.54) is 25.5 Å². The van der Waals surface area contributed by atoms with Crippen molar-refractivity contribution in [3.05, 3.63) is 11.9 Å². The summed E-state index contributed by atoms with van der Waals surface area (Å²) in [5.41, 5.74) is 6.37. The van der Waals surface area contributed by atoms with E-state index in [4.69, 9.17) is 15.9 Å². The molecule has 0 aromatic carbocycles. The molecule has 1 aliphatic carbocycles. The SMILES string of the molecule is Nc1cn[nH]c1C(=O)NC1CCCCC1.OCO. The summed E-state index contributed by atoms with van der Waals surface area (Å²) in [5.74, 6) is -0.142. The number of nitrogens with two attached hydrogens (primary N) is 1. The molecule has 0 radical (unpaired) electrons. The molecule has 7 nitrogen and oxygen atoms in total. The first kappa shape index (κ1) is 14.5. The first-order chi connectivity index (χ1) is 8.69. The molecule has 2 rings (SSSR count). The van der Waals surface area contributed by atoms with Gasteiger partial charge in [-0.2, -0.15) is 5.10 Å². The minimum Gasteiger partial charge on any atom is -0.396 e. The molecule has 0 atom stereocenters. The Morgan fingerprint density at radius 3 is 2.56 bits per heavy atom. The molecule has 1 aromatic heterocycles. The average molecular weight is 256 g/mol. The topological polar surface area (TPSA) is 124 Å². The van der Waals surface area contributed by atoms with Crippen LogP contribution in [0.4, 0.5) is 5.69 Å². The minimum absolute atomic E-state index is 0.142. The van der Waals surface area contributed by atoms with Crippen LogP contribution < -0.4 is 11.1 Å². The molecule has 18 heavy (non-hydrogen) atoms. The smallest absolute Gasteiger partial charge is 0.271 e. The molecule has 0 unspecified atom stereocenters. The van der Waals surface area contributed by atoms with Gasteiger partial charge in [-0.3, -0.25) is 9.89 Å². The lowest BCUT2D eigenvalue weighted by Gasteiger charge is -2.22. The fraction of sp³-hybridized carbons (Fsp3) is 0.636. The van der Waals surface area contributed by atoms with Crippen LogP contribution in [-0.4, -0.2) is 39.2 Å². The third-order valence-corrected chi connectivity index (χ3v) is 2.84. The fourth-order valence-corrected chi connectivity index (χ4v) is 1.98. The van der Waals surface area contributed by atoms with Crippen LogP contribution in [0.25, 0.3) is 0 Å². The van der Waals surface area contributed by atoms with Crippen LogP contribution in [0.3, 0.4) is 0 Å². The van der Waals surface area contributed by atoms with Gasteiger partial charge in [-0.25, -0.2) is 0 Å². The largest absolute Gasteiger partial charge is 0.396 e. The maximum absolute atomic E-state index is 11.7. The second-order valence-electron chi connectivity index (χ2n) is 4.15. The second-order valence-corrected chi connectivity index (χ2v) is 4.15. The van der Waals surface area contributed by atoms with E-state index in [9.17, 15) is 4.79 Å². The molecule has 0 saturated heterocycles. The zero-order valence-electron chi connectivity index (χ0n) is 10.2. The molecule has 1 aromatic rings. The van der Waals surface area contributed by atoms with Crippen LogP contribution >= 0.6 is 0 Å². The highest BCUT2D eigenvalue weighted by molar-refractivity contribution is 5.97. The van der Waals surface area contributed by atoms with Crippen LogP contribution in [0.5, 0.6) is 0 Å². The summed E-state index contributed by atoms with van der Waals surface area (Å²) in [5, 5.41) is 23.6. The van der Waals surface area contributed by atoms with E-state index in [2.05, 4.69) is 15.5 Å². The van der Waals surface area contributed by atoms with Crippen molar-refractivity contribution in [3.63, 3.8) is 0 Å². The number of hydrogen-bond donors (Lipinski definition) is 5. The number of carbonyl (C=O) groups excluding carboxylic acids is 1. The number of aliphatic hydroxyl groups is 2. The molecule has 0 bridgehead atoms. The van der Waals surface area contributed by atoms with Crippen molar-refractivity contribution in [1.29, 1.82) is 0 Å². The van der Waals surface area contributed by atoms with Gasteiger partial charge >= 0.3 is 0 Å². The number of rotatable bonds is 2. The molecular formula is C11H20N4O3. The van der Waals surface area contributed by atoms with Crippen LogP contribution in [0, 0.1) is 0 Å². The number of hydrogen-bond acceptors (Lipinski definition) is 5. The maximum atomic E-state index is 11.7. The highest BCUT2D eigenvalue weighted by Gasteiger charge is 2.18. The lowest BCUT2D eigenvalue weighted by atomic mass is 9.95. The molecule has 1 fully saturated rings. The Morgan fingerprint density at radius 2 is 2.06 bits per heavy atom. The van der Waals surface area contributed by atoms with Crippen molar-refractivity contribution in [2.45, 2.75) is 38.1 Å². The summed E-state index contributed by atoms with van der Waals surface area (Å²) in [6, 6.07) is 0.300. The average Bonchev–Trinajstić information content (AvgIpc) is 2.78. The van der Waals surface area contributed by atoms with Crippen LogP contribution in [0.15, 0.2) is 6.20 Å². The number of aliphatic hydroxyl groups excluding tert-OH is 1. The standard InChI is InChI=1S/C10H16N4O.CH4O2/c11-8-6-12-14-9(8)10(15)13-7-4-2-1-3-5-7;2-1-3/h6-7H,1-5,11H2,(H,12,14)(H,13,15);2-3H,1H2. The number of amides is 1. The molecule has 102 valence electrons. The van der Waals surface area contributed by atoms with Crippen molar-refractivity contribution in [1.82, 2.24) is 15.5 Å². The van der Waals surface area contributed by atoms with Gasteiger partial charge < -0.3 is 21.3 Å². The fourth-order valence-electron chi connectivity index (χ4n) is 1.98. The number of carbonyl (C=O) groups is 1. The summed E-state index contributed by atoms with van der Waals surface area (Å²) in [4.78, 5) is 11.7. The van der Waals surface area contributed by atoms with Crippen molar-refractivity contribution in [2.24, 2.45) is 0 Å². The Kier molecular flexibility index (Phi) is 6.16. The Bertz CT molecular complexity index is 361. The highest BCUT2D eigenvalue weighted by atomic mass is 16.5. The number of H-pyrrole nitrogens is 1. The predicted molar refractivity (Wildman–Crippen MR) is 66.6 cm³/mol. The number of nitrogen functional groups attached to an aromatic ring is 1. The van der Waals surface area contributed by atoms with Crippen LogP contribution in [0.1, 0.15) is 42.6 Å². The number of anilines is 1. The maximum Gasteiger partial charge on any atom is 0.271 e. The zero-order valence-corrected chi connectivity index (χ0v) is 10.2. The number of aromatic nitrogens is 2. The molecule has 1 saturated carbocycles. The summed E-state index contributed by atoms with van der Waals surface area (Å²) < 4.78 is 0. The Balaban J connectivity index is 0.000000492. The first-order valence-corrected chi connectivity index (χ1v) is 6.00. The van der Waals surface area contributed by atoms with E-state index in [-0.39, 0.29) is 5.91 Å². The van der Waals surface area contributed by atoms with E-state index >= 15 is 0 Å². The second kappa shape index (κ2) is 7.67. The van der Waals surface area contributed by atoms with Gasteiger partial charge in [0.15, 0.2) is 0 Å². The summed E-state index contributed by atoms with van der Waals surface area (Å²) in [7, 11) is 0. The molecule has 0 spiro atoms.